The first kappa shape index (κ1) is 16.1. The maximum Gasteiger partial charge on any atom is 0.248 e. The molecule has 0 N–H and O–H groups in total. The molecule has 0 saturated heterocycles. The molecular formula is C17H19F2N5O. The predicted octanol–water partition coefficient (Wildman–Crippen LogP) is 4.36. The molecule has 3 aromatic rings. The summed E-state index contributed by atoms with van der Waals surface area (Å²) in [6, 6.07) is 5.91. The van der Waals surface area contributed by atoms with Gasteiger partial charge in [-0.3, -0.25) is 0 Å². The number of aromatic nitrogens is 5. The lowest BCUT2D eigenvalue weighted by Gasteiger charge is -2.25. The van der Waals surface area contributed by atoms with Crippen molar-refractivity contribution < 1.29 is 13.3 Å². The van der Waals surface area contributed by atoms with E-state index in [1.165, 1.54) is 0 Å². The second kappa shape index (κ2) is 5.86. The Morgan fingerprint density at radius 1 is 1.24 bits per heavy atom. The molecule has 6 nitrogen and oxygen atoms in total. The Balaban J connectivity index is 1.59. The lowest BCUT2D eigenvalue weighted by Crippen LogP contribution is -2.23. The van der Waals surface area contributed by atoms with Gasteiger partial charge < -0.3 is 4.52 Å². The molecule has 0 aliphatic heterocycles. The van der Waals surface area contributed by atoms with Gasteiger partial charge >= 0.3 is 0 Å². The Bertz CT molecular complexity index is 891. The Morgan fingerprint density at radius 3 is 2.72 bits per heavy atom. The number of nitrogens with zero attached hydrogens (tertiary/aromatic N) is 5. The number of hydrogen-bond donors (Lipinski definition) is 0. The molecule has 0 atom stereocenters. The van der Waals surface area contributed by atoms with Crippen LogP contribution in [0.1, 0.15) is 57.4 Å². The molecule has 8 heteroatoms. The third kappa shape index (κ3) is 3.01. The third-order valence-corrected chi connectivity index (χ3v) is 4.73. The average molecular weight is 347 g/mol. The van der Waals surface area contributed by atoms with Crippen molar-refractivity contribution in [3.05, 3.63) is 24.1 Å². The average Bonchev–Trinajstić information content (AvgIpc) is 3.21. The molecule has 0 spiro atoms. The Morgan fingerprint density at radius 2 is 2.00 bits per heavy atom. The van der Waals surface area contributed by atoms with Gasteiger partial charge in [0, 0.05) is 30.4 Å². The minimum Gasteiger partial charge on any atom is -0.339 e. The van der Waals surface area contributed by atoms with Crippen molar-refractivity contribution in [1.29, 1.82) is 0 Å². The van der Waals surface area contributed by atoms with Crippen LogP contribution in [0.4, 0.5) is 8.78 Å². The highest BCUT2D eigenvalue weighted by Gasteiger charge is 2.37. The van der Waals surface area contributed by atoms with E-state index in [4.69, 9.17) is 4.52 Å². The largest absolute Gasteiger partial charge is 0.339 e. The quantitative estimate of drug-likeness (QED) is 0.704. The van der Waals surface area contributed by atoms with Crippen molar-refractivity contribution in [2.45, 2.75) is 57.4 Å². The summed E-state index contributed by atoms with van der Waals surface area (Å²) < 4.78 is 33.8. The molecule has 2 aromatic heterocycles. The summed E-state index contributed by atoms with van der Waals surface area (Å²) in [7, 11) is 0. The predicted molar refractivity (Wildman–Crippen MR) is 87.4 cm³/mol. The van der Waals surface area contributed by atoms with Crippen LogP contribution in [0.15, 0.2) is 22.7 Å². The van der Waals surface area contributed by atoms with Gasteiger partial charge in [-0.05, 0) is 44.9 Å². The monoisotopic (exact) mass is 347 g/mol. The van der Waals surface area contributed by atoms with Gasteiger partial charge in [-0.15, -0.1) is 5.10 Å². The van der Waals surface area contributed by atoms with E-state index in [1.54, 1.807) is 0 Å². The standard InChI is InChI=1S/C17H19F2N5O/c1-10(2)24-14-4-3-12(9-13(14)21-23-24)15-20-16(25-22-15)11-5-7-17(18,19)8-6-11/h3-4,9-11H,5-8H2,1-2H3. The number of benzene rings is 1. The summed E-state index contributed by atoms with van der Waals surface area (Å²) in [6.07, 6.45) is 0.492. The van der Waals surface area contributed by atoms with Gasteiger partial charge in [0.2, 0.25) is 17.6 Å². The van der Waals surface area contributed by atoms with Gasteiger partial charge in [-0.25, -0.2) is 13.5 Å². The highest BCUT2D eigenvalue weighted by atomic mass is 19.3. The number of alkyl halides is 2. The Hall–Kier alpha value is -2.38. The van der Waals surface area contributed by atoms with Crippen molar-refractivity contribution in [2.24, 2.45) is 0 Å². The van der Waals surface area contributed by atoms with Crippen LogP contribution in [0.2, 0.25) is 0 Å². The minimum atomic E-state index is -2.56. The fourth-order valence-electron chi connectivity index (χ4n) is 3.27. The van der Waals surface area contributed by atoms with Crippen molar-refractivity contribution in [3.63, 3.8) is 0 Å². The fraction of sp³-hybridized carbons (Fsp3) is 0.529. The molecule has 0 bridgehead atoms. The maximum absolute atomic E-state index is 13.3. The smallest absolute Gasteiger partial charge is 0.248 e. The van der Waals surface area contributed by atoms with Crippen LogP contribution in [-0.4, -0.2) is 31.1 Å². The van der Waals surface area contributed by atoms with Gasteiger partial charge in [0.25, 0.3) is 0 Å². The van der Waals surface area contributed by atoms with Crippen LogP contribution >= 0.6 is 0 Å². The lowest BCUT2D eigenvalue weighted by molar-refractivity contribution is -0.0402. The summed E-state index contributed by atoms with van der Waals surface area (Å²) in [6.45, 7) is 4.09. The first-order valence-corrected chi connectivity index (χ1v) is 8.50. The zero-order valence-electron chi connectivity index (χ0n) is 14.1. The minimum absolute atomic E-state index is 0.0913. The molecule has 1 saturated carbocycles. The summed E-state index contributed by atoms with van der Waals surface area (Å²) >= 11 is 0. The van der Waals surface area contributed by atoms with Crippen LogP contribution in [0, 0.1) is 0 Å². The first-order valence-electron chi connectivity index (χ1n) is 8.50. The lowest BCUT2D eigenvalue weighted by atomic mass is 9.87. The highest BCUT2D eigenvalue weighted by molar-refractivity contribution is 5.79. The summed E-state index contributed by atoms with van der Waals surface area (Å²) in [5.74, 6) is -1.76. The number of rotatable bonds is 3. The maximum atomic E-state index is 13.3. The molecule has 1 aromatic carbocycles. The van der Waals surface area contributed by atoms with Gasteiger partial charge in [-0.1, -0.05) is 10.4 Å². The number of fused-ring (bicyclic) bond motifs is 1. The first-order chi connectivity index (χ1) is 11.9. The van der Waals surface area contributed by atoms with Gasteiger partial charge in [0.05, 0.1) is 5.52 Å². The normalized spacial score (nSPS) is 18.3. The molecule has 0 amide bonds. The van der Waals surface area contributed by atoms with E-state index in [0.29, 0.717) is 24.6 Å². The Kier molecular flexibility index (Phi) is 3.77. The molecule has 2 heterocycles. The molecule has 0 unspecified atom stereocenters. The van der Waals surface area contributed by atoms with E-state index < -0.39 is 5.92 Å². The summed E-state index contributed by atoms with van der Waals surface area (Å²) in [5.41, 5.74) is 2.48. The van der Waals surface area contributed by atoms with Crippen molar-refractivity contribution in [3.8, 4) is 11.4 Å². The van der Waals surface area contributed by atoms with E-state index in [9.17, 15) is 8.78 Å². The second-order valence-electron chi connectivity index (χ2n) is 6.92. The zero-order chi connectivity index (χ0) is 17.6. The van der Waals surface area contributed by atoms with Crippen LogP contribution in [0.3, 0.4) is 0 Å². The SMILES string of the molecule is CC(C)n1nnc2cc(-c3noc(C4CCC(F)(F)CC4)n3)ccc21. The van der Waals surface area contributed by atoms with E-state index in [2.05, 4.69) is 20.5 Å². The van der Waals surface area contributed by atoms with Gasteiger partial charge in [0.1, 0.15) is 5.52 Å². The molecule has 25 heavy (non-hydrogen) atoms. The number of halogens is 2. The van der Waals surface area contributed by atoms with Gasteiger partial charge in [0.15, 0.2) is 0 Å². The fourth-order valence-corrected chi connectivity index (χ4v) is 3.27. The molecule has 1 fully saturated rings. The van der Waals surface area contributed by atoms with E-state index in [-0.39, 0.29) is 24.8 Å². The Labute approximate surface area is 143 Å². The van der Waals surface area contributed by atoms with Crippen molar-refractivity contribution in [1.82, 2.24) is 25.1 Å². The van der Waals surface area contributed by atoms with Crippen LogP contribution in [-0.2, 0) is 0 Å². The van der Waals surface area contributed by atoms with E-state index >= 15 is 0 Å². The van der Waals surface area contributed by atoms with Crippen molar-refractivity contribution in [2.75, 3.05) is 0 Å². The molecule has 4 rings (SSSR count). The highest BCUT2D eigenvalue weighted by Crippen LogP contribution is 2.40. The number of hydrogen-bond acceptors (Lipinski definition) is 5. The summed E-state index contributed by atoms with van der Waals surface area (Å²) in [4.78, 5) is 4.42. The van der Waals surface area contributed by atoms with E-state index in [1.807, 2.05) is 36.7 Å². The molecule has 0 radical (unpaired) electrons. The van der Waals surface area contributed by atoms with Crippen molar-refractivity contribution >= 4 is 11.0 Å². The van der Waals surface area contributed by atoms with E-state index in [0.717, 1.165) is 16.6 Å². The molecular weight excluding hydrogens is 328 g/mol. The topological polar surface area (TPSA) is 69.6 Å². The molecule has 1 aliphatic carbocycles. The van der Waals surface area contributed by atoms with Crippen LogP contribution < -0.4 is 0 Å². The van der Waals surface area contributed by atoms with Crippen LogP contribution in [0.5, 0.6) is 0 Å². The summed E-state index contributed by atoms with van der Waals surface area (Å²) in [5, 5.41) is 12.4. The second-order valence-corrected chi connectivity index (χ2v) is 6.92. The third-order valence-electron chi connectivity index (χ3n) is 4.73. The molecule has 132 valence electrons. The zero-order valence-corrected chi connectivity index (χ0v) is 14.1. The van der Waals surface area contributed by atoms with Gasteiger partial charge in [-0.2, -0.15) is 4.98 Å². The van der Waals surface area contributed by atoms with Crippen LogP contribution in [0.25, 0.3) is 22.4 Å². The molecule has 1 aliphatic rings.